The summed E-state index contributed by atoms with van der Waals surface area (Å²) in [6.07, 6.45) is 0.0497. The number of rotatable bonds is 4. The van der Waals surface area contributed by atoms with Gasteiger partial charge < -0.3 is 23.7 Å². The largest absolute Gasteiger partial charge is 0.376 e. The molecule has 0 radical (unpaired) electrons. The molecule has 0 N–H and O–H groups in total. The number of fused-ring (bicyclic) bond motifs is 1. The Labute approximate surface area is 130 Å². The number of ether oxygens (including phenoxy) is 5. The van der Waals surface area contributed by atoms with Crippen molar-refractivity contribution in [3.05, 3.63) is 48.6 Å². The first-order chi connectivity index (χ1) is 10.8. The van der Waals surface area contributed by atoms with Crippen LogP contribution in [0.15, 0.2) is 43.0 Å². The van der Waals surface area contributed by atoms with Crippen molar-refractivity contribution < 1.29 is 23.7 Å². The van der Waals surface area contributed by atoms with E-state index in [1.54, 1.807) is 20.3 Å². The number of benzene rings is 1. The molecule has 5 nitrogen and oxygen atoms in total. The van der Waals surface area contributed by atoms with E-state index in [1.165, 1.54) is 0 Å². The summed E-state index contributed by atoms with van der Waals surface area (Å²) in [5, 5.41) is 0. The van der Waals surface area contributed by atoms with Gasteiger partial charge >= 0.3 is 0 Å². The average molecular weight is 306 g/mol. The standard InChI is InChI=1S/C17H22O5/c1-4-13-20-10-12-15(22-13)17(19-3)16(18-2)14(21-12)11-8-6-5-7-9-11/h4-9,12-17H,1,10H2,2-3H3/t12-,13-,14+,15-,16+,17+/m1/s1. The fourth-order valence-electron chi connectivity index (χ4n) is 3.16. The van der Waals surface area contributed by atoms with Crippen LogP contribution in [0.4, 0.5) is 0 Å². The monoisotopic (exact) mass is 306 g/mol. The molecule has 22 heavy (non-hydrogen) atoms. The summed E-state index contributed by atoms with van der Waals surface area (Å²) in [6, 6.07) is 10.0. The lowest BCUT2D eigenvalue weighted by atomic mass is 9.90. The van der Waals surface area contributed by atoms with Gasteiger partial charge in [0.15, 0.2) is 6.29 Å². The highest BCUT2D eigenvalue weighted by Crippen LogP contribution is 2.38. The van der Waals surface area contributed by atoms with E-state index in [9.17, 15) is 0 Å². The topological polar surface area (TPSA) is 46.2 Å². The van der Waals surface area contributed by atoms with E-state index in [0.29, 0.717) is 6.61 Å². The molecule has 2 heterocycles. The molecule has 0 amide bonds. The van der Waals surface area contributed by atoms with Crippen LogP contribution in [0.2, 0.25) is 0 Å². The summed E-state index contributed by atoms with van der Waals surface area (Å²) in [6.45, 7) is 4.16. The highest BCUT2D eigenvalue weighted by Gasteiger charge is 2.50. The van der Waals surface area contributed by atoms with Gasteiger partial charge in [-0.1, -0.05) is 36.9 Å². The van der Waals surface area contributed by atoms with Crippen molar-refractivity contribution in [2.45, 2.75) is 36.8 Å². The molecule has 2 fully saturated rings. The van der Waals surface area contributed by atoms with Crippen LogP contribution in [-0.2, 0) is 23.7 Å². The minimum Gasteiger partial charge on any atom is -0.376 e. The summed E-state index contributed by atoms with van der Waals surface area (Å²) in [5.41, 5.74) is 1.06. The van der Waals surface area contributed by atoms with Gasteiger partial charge in [0.1, 0.15) is 30.5 Å². The maximum absolute atomic E-state index is 6.22. The number of methoxy groups -OCH3 is 2. The van der Waals surface area contributed by atoms with Crippen molar-refractivity contribution in [3.8, 4) is 0 Å². The Bertz CT molecular complexity index is 491. The lowest BCUT2D eigenvalue weighted by Gasteiger charge is -2.48. The lowest BCUT2D eigenvalue weighted by molar-refractivity contribution is -0.321. The molecule has 0 bridgehead atoms. The lowest BCUT2D eigenvalue weighted by Crippen LogP contribution is -2.61. The van der Waals surface area contributed by atoms with E-state index in [0.717, 1.165) is 5.56 Å². The summed E-state index contributed by atoms with van der Waals surface area (Å²) in [5.74, 6) is 0. The van der Waals surface area contributed by atoms with Crippen LogP contribution >= 0.6 is 0 Å². The molecule has 0 aromatic heterocycles. The van der Waals surface area contributed by atoms with Gasteiger partial charge in [-0.3, -0.25) is 0 Å². The quantitative estimate of drug-likeness (QED) is 0.797. The maximum Gasteiger partial charge on any atom is 0.177 e. The van der Waals surface area contributed by atoms with Gasteiger partial charge in [-0.2, -0.15) is 0 Å². The zero-order valence-electron chi connectivity index (χ0n) is 12.9. The van der Waals surface area contributed by atoms with Crippen LogP contribution in [0.1, 0.15) is 11.7 Å². The molecule has 0 unspecified atom stereocenters. The molecule has 120 valence electrons. The zero-order chi connectivity index (χ0) is 15.5. The van der Waals surface area contributed by atoms with Gasteiger partial charge in [0.2, 0.25) is 0 Å². The first-order valence-electron chi connectivity index (χ1n) is 7.44. The van der Waals surface area contributed by atoms with Crippen molar-refractivity contribution in [2.75, 3.05) is 20.8 Å². The van der Waals surface area contributed by atoms with Crippen LogP contribution in [0, 0.1) is 0 Å². The second-order valence-electron chi connectivity index (χ2n) is 5.44. The van der Waals surface area contributed by atoms with Gasteiger partial charge in [0.25, 0.3) is 0 Å². The Morgan fingerprint density at radius 2 is 1.82 bits per heavy atom. The predicted molar refractivity (Wildman–Crippen MR) is 80.5 cm³/mol. The molecule has 0 aliphatic carbocycles. The Kier molecular flexibility index (Phi) is 4.90. The third-order valence-corrected chi connectivity index (χ3v) is 4.21. The van der Waals surface area contributed by atoms with E-state index < -0.39 is 6.29 Å². The SMILES string of the molecule is C=C[C@@H]1OC[C@H]2O[C@@H](c3ccccc3)[C@H](OC)[C@@H](OC)[C@@H]2O1. The molecule has 2 saturated heterocycles. The van der Waals surface area contributed by atoms with Crippen LogP contribution in [0.25, 0.3) is 0 Å². The summed E-state index contributed by atoms with van der Waals surface area (Å²) in [4.78, 5) is 0. The predicted octanol–water partition coefficient (Wildman–Crippen LogP) is 2.08. The van der Waals surface area contributed by atoms with Crippen LogP contribution in [0.5, 0.6) is 0 Å². The highest BCUT2D eigenvalue weighted by molar-refractivity contribution is 5.21. The van der Waals surface area contributed by atoms with Crippen molar-refractivity contribution >= 4 is 0 Å². The van der Waals surface area contributed by atoms with E-state index in [1.807, 2.05) is 30.3 Å². The second-order valence-corrected chi connectivity index (χ2v) is 5.44. The Hall–Kier alpha value is -1.24. The van der Waals surface area contributed by atoms with Crippen LogP contribution in [-0.4, -0.2) is 51.5 Å². The second kappa shape index (κ2) is 6.89. The molecule has 1 aromatic carbocycles. The van der Waals surface area contributed by atoms with Crippen molar-refractivity contribution in [2.24, 2.45) is 0 Å². The highest BCUT2D eigenvalue weighted by atomic mass is 16.7. The van der Waals surface area contributed by atoms with E-state index in [2.05, 4.69) is 6.58 Å². The molecule has 0 saturated carbocycles. The van der Waals surface area contributed by atoms with Gasteiger partial charge in [-0.15, -0.1) is 0 Å². The molecule has 1 aromatic rings. The first-order valence-corrected chi connectivity index (χ1v) is 7.44. The van der Waals surface area contributed by atoms with E-state index in [4.69, 9.17) is 23.7 Å². The first kappa shape index (κ1) is 15.6. The molecular weight excluding hydrogens is 284 g/mol. The van der Waals surface area contributed by atoms with Gasteiger partial charge in [0.05, 0.1) is 6.61 Å². The van der Waals surface area contributed by atoms with Crippen molar-refractivity contribution in [1.82, 2.24) is 0 Å². The maximum atomic E-state index is 6.22. The van der Waals surface area contributed by atoms with Crippen molar-refractivity contribution in [3.63, 3.8) is 0 Å². The fourth-order valence-corrected chi connectivity index (χ4v) is 3.16. The molecule has 2 aliphatic rings. The third-order valence-electron chi connectivity index (χ3n) is 4.21. The normalized spacial score (nSPS) is 38.3. The molecule has 0 spiro atoms. The summed E-state index contributed by atoms with van der Waals surface area (Å²) in [7, 11) is 3.34. The number of hydrogen-bond donors (Lipinski definition) is 0. The van der Waals surface area contributed by atoms with Crippen LogP contribution < -0.4 is 0 Å². The Morgan fingerprint density at radius 3 is 2.45 bits per heavy atom. The summed E-state index contributed by atoms with van der Waals surface area (Å²) >= 11 is 0. The molecular formula is C17H22O5. The van der Waals surface area contributed by atoms with Crippen LogP contribution in [0.3, 0.4) is 0 Å². The van der Waals surface area contributed by atoms with E-state index >= 15 is 0 Å². The Balaban J connectivity index is 1.87. The minimum atomic E-state index is -0.437. The van der Waals surface area contributed by atoms with E-state index in [-0.39, 0.29) is 30.5 Å². The van der Waals surface area contributed by atoms with Crippen molar-refractivity contribution in [1.29, 1.82) is 0 Å². The molecule has 6 atom stereocenters. The van der Waals surface area contributed by atoms with Gasteiger partial charge in [-0.25, -0.2) is 0 Å². The zero-order valence-corrected chi connectivity index (χ0v) is 12.9. The van der Waals surface area contributed by atoms with Gasteiger partial charge in [-0.05, 0) is 11.6 Å². The third kappa shape index (κ3) is 2.83. The molecule has 5 heteroatoms. The summed E-state index contributed by atoms with van der Waals surface area (Å²) < 4.78 is 29.1. The molecule has 3 rings (SSSR count). The number of hydrogen-bond acceptors (Lipinski definition) is 5. The average Bonchev–Trinajstić information content (AvgIpc) is 2.60. The molecule has 2 aliphatic heterocycles. The Morgan fingerprint density at radius 1 is 1.09 bits per heavy atom. The smallest absolute Gasteiger partial charge is 0.177 e. The fraction of sp³-hybridized carbons (Fsp3) is 0.529. The minimum absolute atomic E-state index is 0.197. The van der Waals surface area contributed by atoms with Gasteiger partial charge in [0, 0.05) is 14.2 Å².